The van der Waals surface area contributed by atoms with Crippen molar-refractivity contribution in [1.29, 1.82) is 0 Å². The van der Waals surface area contributed by atoms with Crippen molar-refractivity contribution in [2.75, 3.05) is 74.0 Å². The Labute approximate surface area is 393 Å². The minimum atomic E-state index is -1.00. The molecule has 6 aliphatic rings. The second-order valence-corrected chi connectivity index (χ2v) is 19.3. The number of hydrogen-bond acceptors (Lipinski definition) is 13. The number of benzene rings is 2. The Balaban J connectivity index is 0.656. The number of halogens is 1. The summed E-state index contributed by atoms with van der Waals surface area (Å²) in [6, 6.07) is 15.1. The summed E-state index contributed by atoms with van der Waals surface area (Å²) in [7, 11) is 0. The third kappa shape index (κ3) is 7.90. The Morgan fingerprint density at radius 3 is 2.44 bits per heavy atom. The normalized spacial score (nSPS) is 22.7. The molecule has 0 radical (unpaired) electrons. The SMILES string of the molecule is C=CCn1c(=O)c2cnc(Nc3ccc(N4CCN(C5CCN(CC6CN(c7cc8c(cc7F)C(=O)N(C7CCC(=O)NC7=O)C8)C6)CC5)CC4)cc3)nc2n1-c1ccc2c(n1)[C@](O)(CC)CC2. The summed E-state index contributed by atoms with van der Waals surface area (Å²) in [4.78, 5) is 76.2. The first-order valence-electron chi connectivity index (χ1n) is 24.1. The van der Waals surface area contributed by atoms with Gasteiger partial charge in [-0.15, -0.1) is 6.58 Å². The number of carbonyl (C=O) groups excluding carboxylic acids is 3. The first-order chi connectivity index (χ1) is 33.0. The first kappa shape index (κ1) is 44.0. The van der Waals surface area contributed by atoms with Crippen molar-refractivity contribution in [2.45, 2.75) is 82.6 Å². The van der Waals surface area contributed by atoms with E-state index in [1.165, 1.54) is 11.0 Å². The van der Waals surface area contributed by atoms with E-state index in [0.29, 0.717) is 64.5 Å². The van der Waals surface area contributed by atoms with Gasteiger partial charge >= 0.3 is 0 Å². The molecule has 3 aromatic heterocycles. The lowest BCUT2D eigenvalue weighted by molar-refractivity contribution is -0.136. The Hall–Kier alpha value is -6.50. The molecule has 11 rings (SSSR count). The van der Waals surface area contributed by atoms with Gasteiger partial charge in [-0.2, -0.15) is 4.98 Å². The van der Waals surface area contributed by atoms with Gasteiger partial charge in [-0.3, -0.25) is 29.4 Å². The molecular formula is C50H57FN12O5. The number of piperazine rings is 1. The van der Waals surface area contributed by atoms with E-state index in [-0.39, 0.29) is 43.3 Å². The fraction of sp³-hybridized carbons (Fsp3) is 0.460. The highest BCUT2D eigenvalue weighted by atomic mass is 19.1. The largest absolute Gasteiger partial charge is 0.384 e. The highest BCUT2D eigenvalue weighted by Gasteiger charge is 2.41. The second-order valence-electron chi connectivity index (χ2n) is 19.3. The van der Waals surface area contributed by atoms with Crippen LogP contribution in [0.2, 0.25) is 0 Å². The summed E-state index contributed by atoms with van der Waals surface area (Å²) in [5, 5.41) is 17.3. The topological polar surface area (TPSA) is 177 Å². The molecule has 5 aliphatic heterocycles. The van der Waals surface area contributed by atoms with Crippen LogP contribution in [0.15, 0.2) is 72.2 Å². The smallest absolute Gasteiger partial charge is 0.278 e. The van der Waals surface area contributed by atoms with Crippen molar-refractivity contribution < 1.29 is 23.9 Å². The van der Waals surface area contributed by atoms with Crippen LogP contribution in [0.25, 0.3) is 16.9 Å². The van der Waals surface area contributed by atoms with Gasteiger partial charge in [-0.05, 0) is 105 Å². The maximum Gasteiger partial charge on any atom is 0.278 e. The fourth-order valence-electron chi connectivity index (χ4n) is 11.4. The van der Waals surface area contributed by atoms with Crippen LogP contribution >= 0.6 is 0 Å². The molecule has 354 valence electrons. The number of likely N-dealkylation sites (tertiary alicyclic amines) is 1. The van der Waals surface area contributed by atoms with Gasteiger partial charge in [0.2, 0.25) is 17.8 Å². The number of amides is 3. The number of aromatic nitrogens is 5. The van der Waals surface area contributed by atoms with Gasteiger partial charge in [0, 0.05) is 93.9 Å². The molecule has 3 N–H and O–H groups in total. The molecule has 18 heteroatoms. The molecular weight excluding hydrogens is 868 g/mol. The van der Waals surface area contributed by atoms with E-state index in [1.54, 1.807) is 27.7 Å². The average Bonchev–Trinajstić information content (AvgIpc) is 3.94. The molecule has 17 nitrogen and oxygen atoms in total. The third-order valence-corrected chi connectivity index (χ3v) is 15.3. The molecule has 0 spiro atoms. The van der Waals surface area contributed by atoms with Crippen molar-refractivity contribution in [3.8, 4) is 5.82 Å². The van der Waals surface area contributed by atoms with E-state index in [4.69, 9.17) is 9.97 Å². The highest BCUT2D eigenvalue weighted by molar-refractivity contribution is 6.05. The maximum absolute atomic E-state index is 15.4. The van der Waals surface area contributed by atoms with Gasteiger partial charge in [0.15, 0.2) is 11.5 Å². The summed E-state index contributed by atoms with van der Waals surface area (Å²) in [6.45, 7) is 14.8. The number of carbonyl (C=O) groups is 3. The lowest BCUT2D eigenvalue weighted by Gasteiger charge is -2.46. The van der Waals surface area contributed by atoms with Gasteiger partial charge in [-0.25, -0.2) is 23.7 Å². The van der Waals surface area contributed by atoms with Crippen LogP contribution in [0.4, 0.5) is 27.4 Å². The molecule has 2 atom stereocenters. The van der Waals surface area contributed by atoms with Crippen LogP contribution in [-0.2, 0) is 34.7 Å². The monoisotopic (exact) mass is 924 g/mol. The molecule has 1 aliphatic carbocycles. The van der Waals surface area contributed by atoms with Gasteiger partial charge in [0.25, 0.3) is 11.5 Å². The number of aryl methyl sites for hydroxylation is 1. The minimum Gasteiger partial charge on any atom is -0.384 e. The zero-order chi connectivity index (χ0) is 46.8. The van der Waals surface area contributed by atoms with Crippen LogP contribution in [0, 0.1) is 11.7 Å². The molecule has 4 saturated heterocycles. The van der Waals surface area contributed by atoms with Crippen LogP contribution in [0.3, 0.4) is 0 Å². The van der Waals surface area contributed by atoms with Crippen LogP contribution in [0.1, 0.15) is 72.6 Å². The third-order valence-electron chi connectivity index (χ3n) is 15.3. The first-order valence-corrected chi connectivity index (χ1v) is 24.1. The molecule has 8 heterocycles. The van der Waals surface area contributed by atoms with Gasteiger partial charge < -0.3 is 30.0 Å². The summed E-state index contributed by atoms with van der Waals surface area (Å²) in [6.07, 6.45) is 7.85. The Morgan fingerprint density at radius 2 is 1.71 bits per heavy atom. The van der Waals surface area contributed by atoms with Crippen LogP contribution < -0.4 is 26.0 Å². The van der Waals surface area contributed by atoms with Crippen molar-refractivity contribution in [3.05, 3.63) is 106 Å². The Kier molecular flexibility index (Phi) is 11.4. The standard InChI is InChI=1S/C50H57FN12O5/c1-3-17-62-48(67)38-26-52-49(56-45(38)63(62)42-11-5-32-13-16-50(68,4-2)44(32)54-42)53-34-6-8-35(9-7-34)58-20-22-59(23-21-58)36-14-18-57(19-15-36)27-31-28-60(29-31)41-24-33-30-61(47(66)37(33)25-39(41)51)40-10-12-43(64)55-46(40)65/h3,5-9,11,24-26,31,36,40,68H,1,4,10,12-23,27-30H2,2H3,(H,52,53,56)(H,55,64,65)/t40?,50-/m0/s1. The summed E-state index contributed by atoms with van der Waals surface area (Å²) in [5.41, 5.74) is 4.35. The van der Waals surface area contributed by atoms with Crippen molar-refractivity contribution in [1.82, 2.24) is 44.3 Å². The molecule has 2 aromatic carbocycles. The second kappa shape index (κ2) is 17.5. The number of fused-ring (bicyclic) bond motifs is 3. The number of nitrogens with zero attached hydrogens (tertiary/aromatic N) is 10. The molecule has 68 heavy (non-hydrogen) atoms. The number of piperidine rings is 2. The van der Waals surface area contributed by atoms with E-state index >= 15 is 4.39 Å². The summed E-state index contributed by atoms with van der Waals surface area (Å²) in [5.74, 6) is -0.287. The van der Waals surface area contributed by atoms with Crippen molar-refractivity contribution in [2.24, 2.45) is 5.92 Å². The van der Waals surface area contributed by atoms with Gasteiger partial charge in [0.05, 0.1) is 17.9 Å². The predicted octanol–water partition coefficient (Wildman–Crippen LogP) is 4.07. The van der Waals surface area contributed by atoms with Crippen molar-refractivity contribution >= 4 is 51.8 Å². The van der Waals surface area contributed by atoms with Crippen molar-refractivity contribution in [3.63, 3.8) is 0 Å². The van der Waals surface area contributed by atoms with E-state index in [2.05, 4.69) is 53.9 Å². The molecule has 0 saturated carbocycles. The molecule has 1 unspecified atom stereocenters. The highest BCUT2D eigenvalue weighted by Crippen LogP contribution is 2.39. The summed E-state index contributed by atoms with van der Waals surface area (Å²) < 4.78 is 18.6. The Morgan fingerprint density at radius 1 is 0.926 bits per heavy atom. The maximum atomic E-state index is 15.4. The number of pyridine rings is 1. The van der Waals surface area contributed by atoms with Gasteiger partial charge in [-0.1, -0.05) is 19.1 Å². The van der Waals surface area contributed by atoms with Crippen LogP contribution in [0.5, 0.6) is 0 Å². The number of imide groups is 1. The molecule has 4 fully saturated rings. The van der Waals surface area contributed by atoms with E-state index in [0.717, 1.165) is 101 Å². The van der Waals surface area contributed by atoms with Crippen LogP contribution in [-0.4, -0.2) is 133 Å². The number of aliphatic hydroxyl groups is 1. The minimum absolute atomic E-state index is 0.181. The van der Waals surface area contributed by atoms with E-state index < -0.39 is 23.4 Å². The number of nitrogens with one attached hydrogen (secondary N) is 2. The lowest BCUT2D eigenvalue weighted by atomic mass is 9.95. The zero-order valence-corrected chi connectivity index (χ0v) is 38.4. The Bertz CT molecular complexity index is 2880. The average molecular weight is 925 g/mol. The molecule has 3 amide bonds. The van der Waals surface area contributed by atoms with E-state index in [9.17, 15) is 24.3 Å². The number of hydrogen-bond donors (Lipinski definition) is 3. The number of allylic oxidation sites excluding steroid dienone is 1. The fourth-order valence-corrected chi connectivity index (χ4v) is 11.4. The quantitative estimate of drug-likeness (QED) is 0.121. The number of rotatable bonds is 12. The zero-order valence-electron chi connectivity index (χ0n) is 38.4. The molecule has 5 aromatic rings. The van der Waals surface area contributed by atoms with Gasteiger partial charge in [0.1, 0.15) is 22.8 Å². The number of anilines is 4. The molecule has 0 bridgehead atoms. The predicted molar refractivity (Wildman–Crippen MR) is 255 cm³/mol. The summed E-state index contributed by atoms with van der Waals surface area (Å²) >= 11 is 0. The lowest BCUT2D eigenvalue weighted by Crippen LogP contribution is -2.55. The van der Waals surface area contributed by atoms with E-state index in [1.807, 2.05) is 31.2 Å².